The van der Waals surface area contributed by atoms with Crippen molar-refractivity contribution in [3.05, 3.63) is 56.7 Å². The van der Waals surface area contributed by atoms with Gasteiger partial charge < -0.3 is 22.3 Å². The van der Waals surface area contributed by atoms with E-state index in [9.17, 15) is 14.7 Å². The third-order valence-corrected chi connectivity index (χ3v) is 4.17. The number of benzene rings is 1. The fourth-order valence-electron chi connectivity index (χ4n) is 2.82. The summed E-state index contributed by atoms with van der Waals surface area (Å²) < 4.78 is 7.91. The van der Waals surface area contributed by atoms with Crippen LogP contribution >= 0.6 is 0 Å². The number of aliphatic hydroxyl groups excluding tert-OH is 1. The van der Waals surface area contributed by atoms with Crippen LogP contribution in [-0.4, -0.2) is 39.8 Å². The second kappa shape index (κ2) is 8.41. The molecule has 1 aromatic carbocycles. The molecule has 2 unspecified atom stereocenters. The number of halogens is 1. The maximum absolute atomic E-state index is 12.4. The summed E-state index contributed by atoms with van der Waals surface area (Å²) in [6.07, 6.45) is 0.768. The second-order valence-corrected chi connectivity index (χ2v) is 6.05. The first-order chi connectivity index (χ1) is 12.0. The number of hydrogen-bond acceptors (Lipinski definition) is 5. The lowest BCUT2D eigenvalue weighted by Crippen LogP contribution is -3.07. The van der Waals surface area contributed by atoms with E-state index >= 15 is 0 Å². The van der Waals surface area contributed by atoms with E-state index in [4.69, 9.17) is 4.74 Å². The molecule has 1 aliphatic rings. The van der Waals surface area contributed by atoms with Crippen molar-refractivity contribution in [1.82, 2.24) is 9.13 Å². The van der Waals surface area contributed by atoms with Gasteiger partial charge in [-0.3, -0.25) is 13.9 Å². The number of hydrogen-bond donors (Lipinski definition) is 2. The predicted molar refractivity (Wildman–Crippen MR) is 92.7 cm³/mol. The van der Waals surface area contributed by atoms with Crippen molar-refractivity contribution >= 4 is 17.8 Å². The molecule has 9 heteroatoms. The molecule has 0 saturated carbocycles. The van der Waals surface area contributed by atoms with E-state index < -0.39 is 17.4 Å². The third kappa shape index (κ3) is 3.94. The van der Waals surface area contributed by atoms with Crippen molar-refractivity contribution in [2.75, 3.05) is 13.2 Å². The van der Waals surface area contributed by atoms with Gasteiger partial charge in [0.05, 0.1) is 13.2 Å². The molecule has 0 aliphatic carbocycles. The topological polar surface area (TPSA) is 90.3 Å². The van der Waals surface area contributed by atoms with Crippen LogP contribution in [-0.2, 0) is 25.4 Å². The highest BCUT2D eigenvalue weighted by Gasteiger charge is 2.31. The first kappa shape index (κ1) is 20.1. The van der Waals surface area contributed by atoms with E-state index in [1.807, 2.05) is 30.3 Å². The van der Waals surface area contributed by atoms with Gasteiger partial charge in [0.1, 0.15) is 12.6 Å². The summed E-state index contributed by atoms with van der Waals surface area (Å²) in [4.78, 5) is 29.1. The molecule has 0 amide bonds. The minimum Gasteiger partial charge on any atom is -1.00 e. The van der Waals surface area contributed by atoms with E-state index in [0.717, 1.165) is 10.1 Å². The summed E-state index contributed by atoms with van der Waals surface area (Å²) in [5, 5.41) is 10.2. The van der Waals surface area contributed by atoms with E-state index in [1.54, 1.807) is 7.05 Å². The third-order valence-electron chi connectivity index (χ3n) is 4.17. The lowest BCUT2D eigenvalue weighted by molar-refractivity contribution is -0.726. The molecule has 2 heterocycles. The Kier molecular flexibility index (Phi) is 6.49. The van der Waals surface area contributed by atoms with Gasteiger partial charge in [0.2, 0.25) is 11.5 Å². The number of aliphatic hydroxyl groups is 1. The summed E-state index contributed by atoms with van der Waals surface area (Å²) in [7, 11) is 3.00. The molecular formula is C17H21ClN4O4. The van der Waals surface area contributed by atoms with Crippen LogP contribution in [0.5, 0.6) is 0 Å². The van der Waals surface area contributed by atoms with Crippen LogP contribution in [0.2, 0.25) is 0 Å². The molecule has 0 fully saturated rings. The number of aromatic nitrogens is 2. The lowest BCUT2D eigenvalue weighted by atomic mass is 10.2. The first-order valence-electron chi connectivity index (χ1n) is 7.99. The molecule has 1 aromatic heterocycles. The fraction of sp³-hybridized carbons (Fsp3) is 0.353. The minimum atomic E-state index is -0.766. The Morgan fingerprint density at radius 2 is 1.88 bits per heavy atom. The zero-order chi connectivity index (χ0) is 18.0. The standard InChI is InChI=1S/C17H20N4O4.ClH/c1-19-15-14(16(23)20(2)17(19)24)21(11-18-15)8-13(22)10-25-9-12-6-4-3-5-7-12;/h3-7,11,13,22H,8-10H2,1-2H3;1H. The molecule has 0 saturated heterocycles. The maximum Gasteiger partial charge on any atom is 0.332 e. The molecule has 0 spiro atoms. The summed E-state index contributed by atoms with van der Waals surface area (Å²) in [6.45, 7) is 0.792. The summed E-state index contributed by atoms with van der Waals surface area (Å²) in [6, 6.07) is 9.68. The lowest BCUT2D eigenvalue weighted by Gasteiger charge is -2.15. The SMILES string of the molecule is Cn1c2c(c(=O)n(C)c1=O)[NH+](CC(O)COCc1ccccc1)C=N2.[Cl-]. The number of nitrogens with one attached hydrogen (secondary N) is 1. The number of fused-ring (bicyclic) bond motifs is 1. The van der Waals surface area contributed by atoms with Crippen molar-refractivity contribution in [2.24, 2.45) is 19.1 Å². The van der Waals surface area contributed by atoms with Gasteiger partial charge in [-0.25, -0.2) is 9.69 Å². The number of ether oxygens (including phenoxy) is 1. The average Bonchev–Trinajstić information content (AvgIpc) is 3.02. The molecule has 2 atom stereocenters. The van der Waals surface area contributed by atoms with Crippen LogP contribution in [0.3, 0.4) is 0 Å². The molecule has 0 radical (unpaired) electrons. The van der Waals surface area contributed by atoms with Crippen molar-refractivity contribution < 1.29 is 27.2 Å². The van der Waals surface area contributed by atoms with Crippen molar-refractivity contribution in [1.29, 1.82) is 0 Å². The van der Waals surface area contributed by atoms with Crippen LogP contribution in [0.1, 0.15) is 5.56 Å². The van der Waals surface area contributed by atoms with E-state index in [0.29, 0.717) is 23.0 Å². The Morgan fingerprint density at radius 1 is 1.19 bits per heavy atom. The minimum absolute atomic E-state index is 0. The van der Waals surface area contributed by atoms with Crippen LogP contribution in [0.25, 0.3) is 0 Å². The Labute approximate surface area is 156 Å². The van der Waals surface area contributed by atoms with Crippen molar-refractivity contribution in [2.45, 2.75) is 12.7 Å². The van der Waals surface area contributed by atoms with Gasteiger partial charge in [-0.1, -0.05) is 30.3 Å². The molecule has 2 N–H and O–H groups in total. The van der Waals surface area contributed by atoms with E-state index in [1.165, 1.54) is 18.0 Å². The zero-order valence-corrected chi connectivity index (χ0v) is 15.3. The second-order valence-electron chi connectivity index (χ2n) is 6.05. The molecular weight excluding hydrogens is 360 g/mol. The average molecular weight is 381 g/mol. The molecule has 140 valence electrons. The highest BCUT2D eigenvalue weighted by Crippen LogP contribution is 2.16. The molecule has 2 aromatic rings. The van der Waals surface area contributed by atoms with Gasteiger partial charge >= 0.3 is 11.2 Å². The van der Waals surface area contributed by atoms with Gasteiger partial charge in [0, 0.05) is 14.1 Å². The van der Waals surface area contributed by atoms with Crippen molar-refractivity contribution in [3.8, 4) is 0 Å². The number of nitrogens with zero attached hydrogens (tertiary/aromatic N) is 3. The van der Waals surface area contributed by atoms with Crippen LogP contribution in [0.15, 0.2) is 44.9 Å². The van der Waals surface area contributed by atoms with Gasteiger partial charge in [-0.05, 0) is 5.56 Å². The zero-order valence-electron chi connectivity index (χ0n) is 14.6. The summed E-state index contributed by atoms with van der Waals surface area (Å²) >= 11 is 0. The molecule has 3 rings (SSSR count). The molecule has 8 nitrogen and oxygen atoms in total. The van der Waals surface area contributed by atoms with Crippen LogP contribution in [0, 0.1) is 0 Å². The van der Waals surface area contributed by atoms with Crippen molar-refractivity contribution in [3.63, 3.8) is 0 Å². The Balaban J connectivity index is 0.00000243. The van der Waals surface area contributed by atoms with E-state index in [-0.39, 0.29) is 25.6 Å². The van der Waals surface area contributed by atoms with Crippen LogP contribution < -0.4 is 28.6 Å². The molecule has 26 heavy (non-hydrogen) atoms. The van der Waals surface area contributed by atoms with Gasteiger partial charge in [0.15, 0.2) is 6.34 Å². The Morgan fingerprint density at radius 3 is 2.58 bits per heavy atom. The summed E-state index contributed by atoms with van der Waals surface area (Å²) in [5.41, 5.74) is 0.572. The van der Waals surface area contributed by atoms with Crippen LogP contribution in [0.4, 0.5) is 11.5 Å². The van der Waals surface area contributed by atoms with Gasteiger partial charge in [0.25, 0.3) is 0 Å². The number of quaternary nitrogens is 1. The largest absolute Gasteiger partial charge is 1.00 e. The van der Waals surface area contributed by atoms with E-state index in [2.05, 4.69) is 4.99 Å². The fourth-order valence-corrected chi connectivity index (χ4v) is 2.82. The smallest absolute Gasteiger partial charge is 0.332 e. The highest BCUT2D eigenvalue weighted by atomic mass is 35.5. The monoisotopic (exact) mass is 380 g/mol. The molecule has 1 aliphatic heterocycles. The molecule has 0 bridgehead atoms. The van der Waals surface area contributed by atoms with Gasteiger partial charge in [-0.15, -0.1) is 0 Å². The Hall–Kier alpha value is -2.26. The first-order valence-corrected chi connectivity index (χ1v) is 7.99. The Bertz CT molecular complexity index is 907. The maximum atomic E-state index is 12.4. The number of aliphatic imine (C=N–C) groups is 1. The normalized spacial score (nSPS) is 16.2. The quantitative estimate of drug-likeness (QED) is 0.532. The predicted octanol–water partition coefficient (Wildman–Crippen LogP) is -4.14. The number of rotatable bonds is 6. The highest BCUT2D eigenvalue weighted by molar-refractivity contribution is 5.68. The summed E-state index contributed by atoms with van der Waals surface area (Å²) in [5.74, 6) is 0.334. The van der Waals surface area contributed by atoms with Gasteiger partial charge in [-0.2, -0.15) is 4.99 Å².